The van der Waals surface area contributed by atoms with E-state index in [0.29, 0.717) is 19.6 Å². The zero-order valence-electron chi connectivity index (χ0n) is 12.8. The molecule has 0 aliphatic carbocycles. The number of amides is 1. The Morgan fingerprint density at radius 3 is 3.00 bits per heavy atom. The van der Waals surface area contributed by atoms with Crippen molar-refractivity contribution in [2.45, 2.75) is 13.0 Å². The van der Waals surface area contributed by atoms with Crippen molar-refractivity contribution < 1.29 is 18.7 Å². The van der Waals surface area contributed by atoms with E-state index < -0.39 is 0 Å². The summed E-state index contributed by atoms with van der Waals surface area (Å²) in [5, 5.41) is 2.84. The molecule has 0 spiro atoms. The fourth-order valence-electron chi connectivity index (χ4n) is 2.65. The van der Waals surface area contributed by atoms with Crippen LogP contribution < -0.4 is 14.8 Å². The summed E-state index contributed by atoms with van der Waals surface area (Å²) in [4.78, 5) is 12.3. The molecule has 4 nitrogen and oxygen atoms in total. The number of methoxy groups -OCH3 is 1. The molecule has 0 unspecified atom stereocenters. The Morgan fingerprint density at radius 1 is 1.35 bits per heavy atom. The van der Waals surface area contributed by atoms with Crippen LogP contribution >= 0.6 is 0 Å². The number of benzene rings is 2. The van der Waals surface area contributed by atoms with E-state index in [4.69, 9.17) is 9.47 Å². The SMILES string of the molecule is COc1ccc2c(c1)C[C@@H](C(=O)NCc1cccc(F)c1)CO2. The maximum Gasteiger partial charge on any atom is 0.227 e. The van der Waals surface area contributed by atoms with Gasteiger partial charge in [-0.3, -0.25) is 4.79 Å². The summed E-state index contributed by atoms with van der Waals surface area (Å²) in [6, 6.07) is 11.8. The second-order valence-electron chi connectivity index (χ2n) is 5.53. The molecule has 23 heavy (non-hydrogen) atoms. The van der Waals surface area contributed by atoms with E-state index in [9.17, 15) is 9.18 Å². The smallest absolute Gasteiger partial charge is 0.227 e. The lowest BCUT2D eigenvalue weighted by Crippen LogP contribution is -2.37. The summed E-state index contributed by atoms with van der Waals surface area (Å²) in [6.45, 7) is 0.645. The highest BCUT2D eigenvalue weighted by molar-refractivity contribution is 5.79. The Balaban J connectivity index is 1.62. The molecule has 5 heteroatoms. The summed E-state index contributed by atoms with van der Waals surface area (Å²) in [5.74, 6) is 0.873. The highest BCUT2D eigenvalue weighted by Crippen LogP contribution is 2.30. The fraction of sp³-hybridized carbons (Fsp3) is 0.278. The zero-order valence-corrected chi connectivity index (χ0v) is 12.8. The van der Waals surface area contributed by atoms with Crippen LogP contribution in [-0.4, -0.2) is 19.6 Å². The van der Waals surface area contributed by atoms with Gasteiger partial charge in [-0.15, -0.1) is 0 Å². The highest BCUT2D eigenvalue weighted by atomic mass is 19.1. The van der Waals surface area contributed by atoms with Gasteiger partial charge >= 0.3 is 0 Å². The lowest BCUT2D eigenvalue weighted by Gasteiger charge is -2.25. The molecular formula is C18H18FNO3. The summed E-state index contributed by atoms with van der Waals surface area (Å²) < 4.78 is 24.0. The number of carbonyl (C=O) groups excluding carboxylic acids is 1. The van der Waals surface area contributed by atoms with Gasteiger partial charge in [-0.2, -0.15) is 0 Å². The average Bonchev–Trinajstić information content (AvgIpc) is 2.58. The number of hydrogen-bond donors (Lipinski definition) is 1. The van der Waals surface area contributed by atoms with Gasteiger partial charge in [-0.1, -0.05) is 12.1 Å². The zero-order chi connectivity index (χ0) is 16.2. The Kier molecular flexibility index (Phi) is 4.46. The fourth-order valence-corrected chi connectivity index (χ4v) is 2.65. The van der Waals surface area contributed by atoms with Crippen LogP contribution in [0.3, 0.4) is 0 Å². The molecular weight excluding hydrogens is 297 g/mol. The van der Waals surface area contributed by atoms with Gasteiger partial charge in [0.15, 0.2) is 0 Å². The molecule has 3 rings (SSSR count). The maximum atomic E-state index is 13.1. The van der Waals surface area contributed by atoms with Crippen LogP contribution in [-0.2, 0) is 17.8 Å². The standard InChI is InChI=1S/C18H18FNO3/c1-22-16-5-6-17-13(9-16)8-14(11-23-17)18(21)20-10-12-3-2-4-15(19)7-12/h2-7,9,14H,8,10-11H2,1H3,(H,20,21)/t14-/m1/s1. The van der Waals surface area contributed by atoms with Crippen molar-refractivity contribution in [2.75, 3.05) is 13.7 Å². The van der Waals surface area contributed by atoms with Crippen molar-refractivity contribution in [3.05, 3.63) is 59.4 Å². The van der Waals surface area contributed by atoms with E-state index in [1.165, 1.54) is 12.1 Å². The summed E-state index contributed by atoms with van der Waals surface area (Å²) in [5.41, 5.74) is 1.69. The lowest BCUT2D eigenvalue weighted by molar-refractivity contribution is -0.126. The van der Waals surface area contributed by atoms with Crippen LogP contribution in [0.25, 0.3) is 0 Å². The van der Waals surface area contributed by atoms with E-state index in [1.807, 2.05) is 18.2 Å². The minimum Gasteiger partial charge on any atom is -0.497 e. The molecule has 120 valence electrons. The minimum absolute atomic E-state index is 0.0947. The summed E-state index contributed by atoms with van der Waals surface area (Å²) >= 11 is 0. The van der Waals surface area contributed by atoms with Gasteiger partial charge in [-0.25, -0.2) is 4.39 Å². The van der Waals surface area contributed by atoms with Gasteiger partial charge in [0.1, 0.15) is 23.9 Å². The second kappa shape index (κ2) is 6.69. The molecule has 1 aliphatic rings. The predicted octanol–water partition coefficient (Wildman–Crippen LogP) is 2.70. The first kappa shape index (κ1) is 15.3. The number of hydrogen-bond acceptors (Lipinski definition) is 3. The topological polar surface area (TPSA) is 47.6 Å². The van der Waals surface area contributed by atoms with Crippen LogP contribution in [0, 0.1) is 11.7 Å². The Hall–Kier alpha value is -2.56. The number of nitrogens with one attached hydrogen (secondary N) is 1. The van der Waals surface area contributed by atoms with Gasteiger partial charge in [0.25, 0.3) is 0 Å². The monoisotopic (exact) mass is 315 g/mol. The summed E-state index contributed by atoms with van der Waals surface area (Å²) in [6.07, 6.45) is 0.599. The molecule has 1 atom stereocenters. The van der Waals surface area contributed by atoms with Gasteiger partial charge in [-0.05, 0) is 47.9 Å². The number of halogens is 1. The molecule has 0 fully saturated rings. The summed E-state index contributed by atoms with van der Waals surface area (Å²) in [7, 11) is 1.61. The third-order valence-corrected chi connectivity index (χ3v) is 3.90. The van der Waals surface area contributed by atoms with Crippen LogP contribution in [0.2, 0.25) is 0 Å². The van der Waals surface area contributed by atoms with Crippen molar-refractivity contribution in [2.24, 2.45) is 5.92 Å². The maximum absolute atomic E-state index is 13.1. The number of fused-ring (bicyclic) bond motifs is 1. The van der Waals surface area contributed by atoms with Crippen molar-refractivity contribution in [1.29, 1.82) is 0 Å². The first-order valence-electron chi connectivity index (χ1n) is 7.47. The molecule has 0 saturated carbocycles. The third kappa shape index (κ3) is 3.62. The van der Waals surface area contributed by atoms with E-state index in [-0.39, 0.29) is 17.6 Å². The van der Waals surface area contributed by atoms with Crippen LogP contribution in [0.15, 0.2) is 42.5 Å². The average molecular weight is 315 g/mol. The van der Waals surface area contributed by atoms with E-state index in [2.05, 4.69) is 5.32 Å². The van der Waals surface area contributed by atoms with E-state index in [1.54, 1.807) is 19.2 Å². The lowest BCUT2D eigenvalue weighted by atomic mass is 9.95. The van der Waals surface area contributed by atoms with Gasteiger partial charge in [0, 0.05) is 6.54 Å². The molecule has 1 aliphatic heterocycles. The second-order valence-corrected chi connectivity index (χ2v) is 5.53. The van der Waals surface area contributed by atoms with E-state index >= 15 is 0 Å². The molecule has 0 bridgehead atoms. The van der Waals surface area contributed by atoms with Gasteiger partial charge < -0.3 is 14.8 Å². The normalized spacial score (nSPS) is 16.2. The van der Waals surface area contributed by atoms with Gasteiger partial charge in [0.2, 0.25) is 5.91 Å². The first-order valence-corrected chi connectivity index (χ1v) is 7.47. The molecule has 1 N–H and O–H groups in total. The molecule has 2 aromatic carbocycles. The van der Waals surface area contributed by atoms with E-state index in [0.717, 1.165) is 22.6 Å². The molecule has 0 saturated heterocycles. The largest absolute Gasteiger partial charge is 0.497 e. The molecule has 0 radical (unpaired) electrons. The Morgan fingerprint density at radius 2 is 2.22 bits per heavy atom. The molecule has 1 heterocycles. The minimum atomic E-state index is -0.307. The number of carbonyl (C=O) groups is 1. The quantitative estimate of drug-likeness (QED) is 0.944. The molecule has 2 aromatic rings. The van der Waals surface area contributed by atoms with Crippen molar-refractivity contribution >= 4 is 5.91 Å². The van der Waals surface area contributed by atoms with Crippen LogP contribution in [0.4, 0.5) is 4.39 Å². The molecule has 0 aromatic heterocycles. The van der Waals surface area contributed by atoms with Crippen LogP contribution in [0.1, 0.15) is 11.1 Å². The Bertz CT molecular complexity index is 717. The predicted molar refractivity (Wildman–Crippen MR) is 83.9 cm³/mol. The van der Waals surface area contributed by atoms with Crippen molar-refractivity contribution in [3.8, 4) is 11.5 Å². The number of ether oxygens (including phenoxy) is 2. The van der Waals surface area contributed by atoms with Crippen LogP contribution in [0.5, 0.6) is 11.5 Å². The molecule has 1 amide bonds. The first-order chi connectivity index (χ1) is 11.2. The third-order valence-electron chi connectivity index (χ3n) is 3.90. The van der Waals surface area contributed by atoms with Crippen molar-refractivity contribution in [1.82, 2.24) is 5.32 Å². The highest BCUT2D eigenvalue weighted by Gasteiger charge is 2.26. The Labute approximate surface area is 134 Å². The van der Waals surface area contributed by atoms with Crippen molar-refractivity contribution in [3.63, 3.8) is 0 Å². The van der Waals surface area contributed by atoms with Gasteiger partial charge in [0.05, 0.1) is 13.0 Å². The number of rotatable bonds is 4.